The lowest BCUT2D eigenvalue weighted by Gasteiger charge is -2.29. The molecule has 0 unspecified atom stereocenters. The number of piperidine rings is 1. The van der Waals surface area contributed by atoms with E-state index < -0.39 is 0 Å². The van der Waals surface area contributed by atoms with Crippen molar-refractivity contribution in [3.8, 4) is 0 Å². The third kappa shape index (κ3) is 3.41. The van der Waals surface area contributed by atoms with Crippen molar-refractivity contribution in [2.45, 2.75) is 19.3 Å². The molecular weight excluding hydrogens is 311 g/mol. The molecule has 2 rings (SSSR count). The predicted octanol–water partition coefficient (Wildman–Crippen LogP) is 4.83. The van der Waals surface area contributed by atoms with Crippen molar-refractivity contribution in [1.29, 1.82) is 0 Å². The van der Waals surface area contributed by atoms with Crippen LogP contribution in [-0.2, 0) is 0 Å². The van der Waals surface area contributed by atoms with Crippen LogP contribution in [0.5, 0.6) is 0 Å². The van der Waals surface area contributed by atoms with Gasteiger partial charge in [-0.25, -0.2) is 0 Å². The van der Waals surface area contributed by atoms with Crippen LogP contribution in [0.1, 0.15) is 19.3 Å². The highest BCUT2D eigenvalue weighted by Crippen LogP contribution is 2.32. The molecule has 0 saturated carbocycles. The second-order valence-electron chi connectivity index (χ2n) is 4.22. The summed E-state index contributed by atoms with van der Waals surface area (Å²) in [6.45, 7) is 1.98. The summed E-state index contributed by atoms with van der Waals surface area (Å²) in [7, 11) is 0. The molecule has 0 atom stereocenters. The zero-order chi connectivity index (χ0) is 13.1. The number of rotatable bonds is 1. The molecule has 1 saturated heterocycles. The van der Waals surface area contributed by atoms with Crippen LogP contribution in [0, 0.1) is 0 Å². The van der Waals surface area contributed by atoms with Gasteiger partial charge in [0.15, 0.2) is 5.11 Å². The van der Waals surface area contributed by atoms with Crippen molar-refractivity contribution >= 4 is 57.8 Å². The van der Waals surface area contributed by atoms with Gasteiger partial charge in [-0.15, -0.1) is 0 Å². The van der Waals surface area contributed by atoms with Gasteiger partial charge in [0.2, 0.25) is 0 Å². The molecule has 1 N–H and O–H groups in total. The maximum Gasteiger partial charge on any atom is 0.173 e. The fourth-order valence-corrected chi connectivity index (χ4v) is 2.80. The molecule has 0 amide bonds. The van der Waals surface area contributed by atoms with Gasteiger partial charge in [0.1, 0.15) is 0 Å². The van der Waals surface area contributed by atoms with Crippen LogP contribution in [0.25, 0.3) is 0 Å². The van der Waals surface area contributed by atoms with E-state index in [2.05, 4.69) is 10.2 Å². The summed E-state index contributed by atoms with van der Waals surface area (Å²) >= 11 is 23.3. The predicted molar refractivity (Wildman–Crippen MR) is 83.1 cm³/mol. The normalized spacial score (nSPS) is 15.6. The lowest BCUT2D eigenvalue weighted by atomic mass is 10.1. The molecule has 0 radical (unpaired) electrons. The minimum absolute atomic E-state index is 0.441. The van der Waals surface area contributed by atoms with Crippen LogP contribution >= 0.6 is 47.0 Å². The van der Waals surface area contributed by atoms with Gasteiger partial charge in [0.25, 0.3) is 0 Å². The Morgan fingerprint density at radius 2 is 1.61 bits per heavy atom. The highest BCUT2D eigenvalue weighted by Gasteiger charge is 2.15. The first-order valence-corrected chi connectivity index (χ1v) is 7.32. The highest BCUT2D eigenvalue weighted by atomic mass is 35.5. The van der Waals surface area contributed by atoms with Gasteiger partial charge in [0, 0.05) is 13.1 Å². The molecule has 18 heavy (non-hydrogen) atoms. The third-order valence-corrected chi connectivity index (χ3v) is 4.29. The summed E-state index contributed by atoms with van der Waals surface area (Å²) in [6.07, 6.45) is 3.63. The molecule has 2 nitrogen and oxygen atoms in total. The van der Waals surface area contributed by atoms with Gasteiger partial charge >= 0.3 is 0 Å². The summed E-state index contributed by atoms with van der Waals surface area (Å²) in [4.78, 5) is 2.15. The molecule has 98 valence electrons. The monoisotopic (exact) mass is 322 g/mol. The Hall–Kier alpha value is -0.220. The van der Waals surface area contributed by atoms with E-state index in [4.69, 9.17) is 47.0 Å². The molecule has 1 aliphatic heterocycles. The first-order valence-electron chi connectivity index (χ1n) is 5.78. The lowest BCUT2D eigenvalue weighted by molar-refractivity contribution is 0.346. The Bertz CT molecular complexity index is 459. The van der Waals surface area contributed by atoms with E-state index in [0.717, 1.165) is 13.1 Å². The summed E-state index contributed by atoms with van der Waals surface area (Å²) in [5.74, 6) is 0. The largest absolute Gasteiger partial charge is 0.349 e. The van der Waals surface area contributed by atoms with Crippen LogP contribution in [0.4, 0.5) is 5.69 Å². The zero-order valence-corrected chi connectivity index (χ0v) is 12.8. The molecule has 1 fully saturated rings. The highest BCUT2D eigenvalue weighted by molar-refractivity contribution is 7.80. The van der Waals surface area contributed by atoms with Crippen molar-refractivity contribution in [1.82, 2.24) is 4.90 Å². The van der Waals surface area contributed by atoms with Gasteiger partial charge in [-0.3, -0.25) is 0 Å². The van der Waals surface area contributed by atoms with E-state index >= 15 is 0 Å². The number of nitrogens with zero attached hydrogens (tertiary/aromatic N) is 1. The molecule has 0 aromatic heterocycles. The molecule has 1 aliphatic rings. The summed E-state index contributed by atoms with van der Waals surface area (Å²) in [6, 6.07) is 3.31. The van der Waals surface area contributed by atoms with Crippen LogP contribution in [-0.4, -0.2) is 23.1 Å². The molecule has 6 heteroatoms. The number of nitrogens with one attached hydrogen (secondary N) is 1. The molecule has 1 aromatic rings. The summed E-state index contributed by atoms with van der Waals surface area (Å²) in [5.41, 5.74) is 0.696. The topological polar surface area (TPSA) is 15.3 Å². The number of anilines is 1. The van der Waals surface area contributed by atoms with Crippen molar-refractivity contribution < 1.29 is 0 Å². The average molecular weight is 324 g/mol. The van der Waals surface area contributed by atoms with Gasteiger partial charge in [-0.05, 0) is 43.6 Å². The van der Waals surface area contributed by atoms with Crippen LogP contribution in [0.3, 0.4) is 0 Å². The van der Waals surface area contributed by atoms with E-state index in [1.807, 2.05) is 0 Å². The molecule has 1 heterocycles. The molecule has 1 aromatic carbocycles. The number of benzene rings is 1. The molecule has 0 spiro atoms. The maximum absolute atomic E-state index is 6.10. The Labute approximate surface area is 127 Å². The fourth-order valence-electron chi connectivity index (χ4n) is 1.91. The van der Waals surface area contributed by atoms with E-state index in [1.54, 1.807) is 12.1 Å². The van der Waals surface area contributed by atoms with Crippen LogP contribution in [0.15, 0.2) is 12.1 Å². The number of halogens is 3. The number of thiocarbonyl (C=S) groups is 1. The minimum Gasteiger partial charge on any atom is -0.349 e. The molecular formula is C12H13Cl3N2S. The quantitative estimate of drug-likeness (QED) is 0.588. The third-order valence-electron chi connectivity index (χ3n) is 2.89. The Balaban J connectivity index is 2.08. The first-order chi connectivity index (χ1) is 8.58. The van der Waals surface area contributed by atoms with E-state index in [9.17, 15) is 0 Å². The Kier molecular flexibility index (Phi) is 4.96. The molecule has 0 aliphatic carbocycles. The van der Waals surface area contributed by atoms with Crippen molar-refractivity contribution in [2.75, 3.05) is 18.4 Å². The second-order valence-corrected chi connectivity index (χ2v) is 5.83. The van der Waals surface area contributed by atoms with Gasteiger partial charge in [-0.1, -0.05) is 34.8 Å². The standard InChI is InChI=1S/C12H13Cl3N2S/c13-8-6-10(15)11(7-9(8)14)16-12(18)17-4-2-1-3-5-17/h6-7H,1-5H2,(H,16,18). The maximum atomic E-state index is 6.10. The van der Waals surface area contributed by atoms with E-state index in [1.165, 1.54) is 19.3 Å². The number of hydrogen-bond acceptors (Lipinski definition) is 1. The summed E-state index contributed by atoms with van der Waals surface area (Å²) < 4.78 is 0. The van der Waals surface area contributed by atoms with Crippen molar-refractivity contribution in [2.24, 2.45) is 0 Å². The average Bonchev–Trinajstić information content (AvgIpc) is 2.37. The Morgan fingerprint density at radius 1 is 1.00 bits per heavy atom. The SMILES string of the molecule is S=C(Nc1cc(Cl)c(Cl)cc1Cl)N1CCCCC1. The Morgan fingerprint density at radius 3 is 2.28 bits per heavy atom. The van der Waals surface area contributed by atoms with Gasteiger partial charge < -0.3 is 10.2 Å². The van der Waals surface area contributed by atoms with Gasteiger partial charge in [0.05, 0.1) is 20.8 Å². The lowest BCUT2D eigenvalue weighted by Crippen LogP contribution is -2.38. The summed E-state index contributed by atoms with van der Waals surface area (Å²) in [5, 5.41) is 5.24. The first kappa shape index (κ1) is 14.2. The van der Waals surface area contributed by atoms with E-state index in [0.29, 0.717) is 25.9 Å². The van der Waals surface area contributed by atoms with Gasteiger partial charge in [-0.2, -0.15) is 0 Å². The molecule has 0 bridgehead atoms. The fraction of sp³-hybridized carbons (Fsp3) is 0.417. The zero-order valence-electron chi connectivity index (χ0n) is 9.68. The van der Waals surface area contributed by atoms with Crippen molar-refractivity contribution in [3.63, 3.8) is 0 Å². The van der Waals surface area contributed by atoms with Crippen molar-refractivity contribution in [3.05, 3.63) is 27.2 Å². The smallest absolute Gasteiger partial charge is 0.173 e. The van der Waals surface area contributed by atoms with Crippen LogP contribution in [0.2, 0.25) is 15.1 Å². The number of hydrogen-bond donors (Lipinski definition) is 1. The minimum atomic E-state index is 0.441. The second kappa shape index (κ2) is 6.29. The van der Waals surface area contributed by atoms with Crippen LogP contribution < -0.4 is 5.32 Å². The number of likely N-dealkylation sites (tertiary alicyclic amines) is 1. The van der Waals surface area contributed by atoms with E-state index in [-0.39, 0.29) is 0 Å².